The van der Waals surface area contributed by atoms with Crippen LogP contribution in [0.15, 0.2) is 0 Å². The van der Waals surface area contributed by atoms with Gasteiger partial charge in [0.1, 0.15) is 0 Å². The van der Waals surface area contributed by atoms with Gasteiger partial charge in [-0.3, -0.25) is 9.59 Å². The van der Waals surface area contributed by atoms with E-state index in [9.17, 15) is 9.59 Å². The molecule has 1 aliphatic heterocycles. The summed E-state index contributed by atoms with van der Waals surface area (Å²) in [5.74, 6) is -1.30. The van der Waals surface area contributed by atoms with Crippen molar-refractivity contribution in [1.82, 2.24) is 0 Å². The van der Waals surface area contributed by atoms with E-state index in [1.54, 1.807) is 14.2 Å². The number of hydrogen-bond acceptors (Lipinski definition) is 5. The van der Waals surface area contributed by atoms with Crippen molar-refractivity contribution >= 4 is 20.5 Å². The van der Waals surface area contributed by atoms with Crippen molar-refractivity contribution in [3.63, 3.8) is 0 Å². The lowest BCUT2D eigenvalue weighted by Gasteiger charge is -2.23. The first-order chi connectivity index (χ1) is 6.50. The predicted molar refractivity (Wildman–Crippen MR) is 49.6 cm³/mol. The summed E-state index contributed by atoms with van der Waals surface area (Å²) in [5.41, 5.74) is 0. The van der Waals surface area contributed by atoms with E-state index in [2.05, 4.69) is 4.74 Å². The van der Waals surface area contributed by atoms with Gasteiger partial charge in [-0.15, -0.1) is 0 Å². The van der Waals surface area contributed by atoms with Gasteiger partial charge < -0.3 is 13.6 Å². The third-order valence-corrected chi connectivity index (χ3v) is 5.40. The zero-order chi connectivity index (χ0) is 10.8. The van der Waals surface area contributed by atoms with Gasteiger partial charge in [0.15, 0.2) is 0 Å². The third-order valence-electron chi connectivity index (χ3n) is 2.44. The molecule has 0 radical (unpaired) electrons. The summed E-state index contributed by atoms with van der Waals surface area (Å²) >= 11 is 0. The molecule has 5 nitrogen and oxygen atoms in total. The first kappa shape index (κ1) is 11.4. The minimum Gasteiger partial charge on any atom is -0.398 e. The average Bonchev–Trinajstić information content (AvgIpc) is 2.45. The van der Waals surface area contributed by atoms with Crippen molar-refractivity contribution in [2.75, 3.05) is 14.2 Å². The lowest BCUT2D eigenvalue weighted by Crippen LogP contribution is -2.39. The molecule has 1 aliphatic rings. The highest BCUT2D eigenvalue weighted by Crippen LogP contribution is 2.26. The maximum atomic E-state index is 11.2. The summed E-state index contributed by atoms with van der Waals surface area (Å²) in [6, 6.07) is 0.463. The van der Waals surface area contributed by atoms with E-state index in [1.807, 2.05) is 6.55 Å². The molecule has 0 bridgehead atoms. The van der Waals surface area contributed by atoms with E-state index in [0.29, 0.717) is 6.04 Å². The smallest absolute Gasteiger partial charge is 0.335 e. The quantitative estimate of drug-likeness (QED) is 0.389. The summed E-state index contributed by atoms with van der Waals surface area (Å²) < 4.78 is 14.9. The van der Waals surface area contributed by atoms with Gasteiger partial charge in [0.25, 0.3) is 0 Å². The van der Waals surface area contributed by atoms with Gasteiger partial charge >= 0.3 is 20.5 Å². The van der Waals surface area contributed by atoms with E-state index >= 15 is 0 Å². The van der Waals surface area contributed by atoms with Crippen LogP contribution in [-0.4, -0.2) is 34.7 Å². The number of ether oxygens (including phenoxy) is 1. The maximum absolute atomic E-state index is 11.2. The lowest BCUT2D eigenvalue weighted by molar-refractivity contribution is -0.153. The Bertz CT molecular complexity index is 248. The fourth-order valence-corrected chi connectivity index (χ4v) is 3.08. The Balaban J connectivity index is 2.59. The highest BCUT2D eigenvalue weighted by atomic mass is 28.4. The van der Waals surface area contributed by atoms with Crippen LogP contribution in [0, 0.1) is 5.92 Å². The number of esters is 2. The molecule has 1 heterocycles. The first-order valence-electron chi connectivity index (χ1n) is 4.35. The Morgan fingerprint density at radius 1 is 1.43 bits per heavy atom. The van der Waals surface area contributed by atoms with Crippen molar-refractivity contribution in [3.8, 4) is 0 Å². The zero-order valence-corrected chi connectivity index (χ0v) is 9.53. The minimum absolute atomic E-state index is 0.147. The number of carbonyl (C=O) groups excluding carboxylic acids is 2. The van der Waals surface area contributed by atoms with E-state index in [0.717, 1.165) is 0 Å². The predicted octanol–water partition coefficient (Wildman–Crippen LogP) is 0.441. The molecule has 14 heavy (non-hydrogen) atoms. The largest absolute Gasteiger partial charge is 0.398 e. The van der Waals surface area contributed by atoms with Gasteiger partial charge in [0.2, 0.25) is 0 Å². The topological polar surface area (TPSA) is 61.8 Å². The minimum atomic E-state index is -2.29. The third kappa shape index (κ3) is 2.40. The highest BCUT2D eigenvalue weighted by molar-refractivity contribution is 6.66. The molecular formula is C8H14O5Si. The molecule has 0 aromatic rings. The zero-order valence-electron chi connectivity index (χ0n) is 8.53. The van der Waals surface area contributed by atoms with Crippen LogP contribution in [0.1, 0.15) is 6.42 Å². The van der Waals surface area contributed by atoms with Crippen LogP contribution in [0.25, 0.3) is 0 Å². The Hall–Kier alpha value is -0.723. The molecule has 0 aromatic heterocycles. The molecule has 1 saturated heterocycles. The summed E-state index contributed by atoms with van der Waals surface area (Å²) in [6.45, 7) is 1.85. The van der Waals surface area contributed by atoms with Crippen molar-refractivity contribution < 1.29 is 23.2 Å². The van der Waals surface area contributed by atoms with Gasteiger partial charge in [-0.2, -0.15) is 0 Å². The van der Waals surface area contributed by atoms with Gasteiger partial charge in [-0.05, 0) is 6.55 Å². The van der Waals surface area contributed by atoms with Gasteiger partial charge in [-0.25, -0.2) is 0 Å². The van der Waals surface area contributed by atoms with E-state index < -0.39 is 20.5 Å². The summed E-state index contributed by atoms with van der Waals surface area (Å²) in [4.78, 5) is 22.0. The molecule has 6 heteroatoms. The number of carbonyl (C=O) groups is 2. The lowest BCUT2D eigenvalue weighted by atomic mass is 10.1. The van der Waals surface area contributed by atoms with E-state index in [-0.39, 0.29) is 12.3 Å². The number of rotatable bonds is 4. The number of hydrogen-bond donors (Lipinski definition) is 0. The van der Waals surface area contributed by atoms with Crippen molar-refractivity contribution in [2.24, 2.45) is 5.92 Å². The molecular weight excluding hydrogens is 204 g/mol. The van der Waals surface area contributed by atoms with Crippen LogP contribution in [0.3, 0.4) is 0 Å². The van der Waals surface area contributed by atoms with Crippen LogP contribution >= 0.6 is 0 Å². The van der Waals surface area contributed by atoms with Crippen LogP contribution in [0.5, 0.6) is 0 Å². The summed E-state index contributed by atoms with van der Waals surface area (Å²) in [5, 5.41) is 0. The second kappa shape index (κ2) is 4.20. The second-order valence-corrected chi connectivity index (χ2v) is 6.93. The standard InChI is InChI=1S/C8H14O5Si/c1-11-14(3,12-2)5-6-4-7(9)13-8(6)10/h6H,4-5H2,1-3H3. The fourth-order valence-electron chi connectivity index (χ4n) is 1.37. The molecule has 1 atom stereocenters. The Labute approximate surface area is 83.6 Å². The molecule has 80 valence electrons. The maximum Gasteiger partial charge on any atom is 0.335 e. The molecule has 0 N–H and O–H groups in total. The van der Waals surface area contributed by atoms with Crippen LogP contribution in [0.2, 0.25) is 12.6 Å². The van der Waals surface area contributed by atoms with Crippen LogP contribution in [-0.2, 0) is 23.2 Å². The normalized spacial score (nSPS) is 22.6. The molecule has 0 aromatic carbocycles. The van der Waals surface area contributed by atoms with E-state index in [1.165, 1.54) is 0 Å². The molecule has 0 amide bonds. The first-order valence-corrected chi connectivity index (χ1v) is 6.88. The Kier molecular flexibility index (Phi) is 3.41. The average molecular weight is 218 g/mol. The monoisotopic (exact) mass is 218 g/mol. The van der Waals surface area contributed by atoms with Gasteiger partial charge in [0.05, 0.1) is 12.3 Å². The summed E-state index contributed by atoms with van der Waals surface area (Å²) in [6.07, 6.45) is 0.147. The fraction of sp³-hybridized carbons (Fsp3) is 0.750. The summed E-state index contributed by atoms with van der Waals surface area (Å²) in [7, 11) is 0.820. The van der Waals surface area contributed by atoms with Crippen molar-refractivity contribution in [2.45, 2.75) is 19.0 Å². The molecule has 0 saturated carbocycles. The second-order valence-electron chi connectivity index (χ2n) is 3.44. The van der Waals surface area contributed by atoms with Gasteiger partial charge in [-0.1, -0.05) is 0 Å². The SMILES string of the molecule is CO[Si](C)(CC1CC(=O)OC1=O)OC. The van der Waals surface area contributed by atoms with E-state index in [4.69, 9.17) is 8.85 Å². The Morgan fingerprint density at radius 2 is 2.00 bits per heavy atom. The van der Waals surface area contributed by atoms with Crippen molar-refractivity contribution in [3.05, 3.63) is 0 Å². The molecule has 0 spiro atoms. The molecule has 1 unspecified atom stereocenters. The van der Waals surface area contributed by atoms with Crippen molar-refractivity contribution in [1.29, 1.82) is 0 Å². The Morgan fingerprint density at radius 3 is 2.36 bits per heavy atom. The molecule has 1 rings (SSSR count). The molecule has 1 fully saturated rings. The number of cyclic esters (lactones) is 2. The van der Waals surface area contributed by atoms with Gasteiger partial charge in [0, 0.05) is 20.3 Å². The highest BCUT2D eigenvalue weighted by Gasteiger charge is 2.41. The van der Waals surface area contributed by atoms with Crippen LogP contribution < -0.4 is 0 Å². The van der Waals surface area contributed by atoms with Crippen LogP contribution in [0.4, 0.5) is 0 Å². The molecule has 0 aliphatic carbocycles.